The Morgan fingerprint density at radius 1 is 1.28 bits per heavy atom. The van der Waals surface area contributed by atoms with Crippen molar-refractivity contribution in [3.63, 3.8) is 0 Å². The highest BCUT2D eigenvalue weighted by atomic mass is 19.2. The molecule has 2 rings (SSSR count). The molecule has 1 fully saturated rings. The van der Waals surface area contributed by atoms with Crippen LogP contribution in [0.3, 0.4) is 0 Å². The van der Waals surface area contributed by atoms with Gasteiger partial charge in [-0.1, -0.05) is 19.4 Å². The molecule has 1 nitrogen and oxygen atoms in total. The number of rotatable bonds is 4. The molecule has 3 heteroatoms. The van der Waals surface area contributed by atoms with Crippen molar-refractivity contribution in [3.8, 4) is 0 Å². The predicted octanol–water partition coefficient (Wildman–Crippen LogP) is 3.68. The minimum Gasteiger partial charge on any atom is -0.314 e. The normalized spacial score (nSPS) is 24.2. The number of aryl methyl sites for hydroxylation is 1. The zero-order valence-corrected chi connectivity index (χ0v) is 10.9. The lowest BCUT2D eigenvalue weighted by Crippen LogP contribution is -2.38. The Morgan fingerprint density at radius 2 is 2.11 bits per heavy atom. The first-order chi connectivity index (χ1) is 8.69. The van der Waals surface area contributed by atoms with Crippen molar-refractivity contribution in [2.75, 3.05) is 6.54 Å². The molecule has 1 aromatic carbocycles. The Kier molecular flexibility index (Phi) is 4.70. The van der Waals surface area contributed by atoms with Gasteiger partial charge in [-0.15, -0.1) is 0 Å². The van der Waals surface area contributed by atoms with E-state index in [9.17, 15) is 8.78 Å². The van der Waals surface area contributed by atoms with Gasteiger partial charge in [0, 0.05) is 6.04 Å². The first-order valence-electron chi connectivity index (χ1n) is 6.86. The van der Waals surface area contributed by atoms with Gasteiger partial charge in [-0.2, -0.15) is 0 Å². The van der Waals surface area contributed by atoms with Gasteiger partial charge in [0.1, 0.15) is 0 Å². The third-order valence-electron chi connectivity index (χ3n) is 3.95. The van der Waals surface area contributed by atoms with Crippen LogP contribution >= 0.6 is 0 Å². The van der Waals surface area contributed by atoms with Crippen LogP contribution in [0.25, 0.3) is 0 Å². The molecule has 100 valence electrons. The Hall–Kier alpha value is -0.960. The number of nitrogens with one attached hydrogen (secondary N) is 1. The van der Waals surface area contributed by atoms with E-state index in [2.05, 4.69) is 12.2 Å². The summed E-state index contributed by atoms with van der Waals surface area (Å²) in [4.78, 5) is 0. The average Bonchev–Trinajstić information content (AvgIpc) is 2.40. The third-order valence-corrected chi connectivity index (χ3v) is 3.95. The molecule has 18 heavy (non-hydrogen) atoms. The van der Waals surface area contributed by atoms with Gasteiger partial charge in [-0.25, -0.2) is 8.78 Å². The number of halogens is 2. The fraction of sp³-hybridized carbons (Fsp3) is 0.600. The number of hydrogen-bond acceptors (Lipinski definition) is 1. The Morgan fingerprint density at radius 3 is 2.83 bits per heavy atom. The average molecular weight is 253 g/mol. The van der Waals surface area contributed by atoms with Crippen molar-refractivity contribution in [2.24, 2.45) is 5.92 Å². The SMILES string of the molecule is CCC1CCNC(CCc2ccc(F)c(F)c2)C1. The van der Waals surface area contributed by atoms with Gasteiger partial charge in [-0.3, -0.25) is 0 Å². The third kappa shape index (κ3) is 3.52. The molecule has 0 aromatic heterocycles. The van der Waals surface area contributed by atoms with Gasteiger partial charge in [0.05, 0.1) is 0 Å². The highest BCUT2D eigenvalue weighted by Crippen LogP contribution is 2.22. The summed E-state index contributed by atoms with van der Waals surface area (Å²) >= 11 is 0. The van der Waals surface area contributed by atoms with Crippen LogP contribution in [0.2, 0.25) is 0 Å². The predicted molar refractivity (Wildman–Crippen MR) is 69.5 cm³/mol. The van der Waals surface area contributed by atoms with Crippen molar-refractivity contribution >= 4 is 0 Å². The largest absolute Gasteiger partial charge is 0.314 e. The molecule has 0 spiro atoms. The molecule has 1 heterocycles. The van der Waals surface area contributed by atoms with Crippen molar-refractivity contribution < 1.29 is 8.78 Å². The van der Waals surface area contributed by atoms with Crippen LogP contribution < -0.4 is 5.32 Å². The lowest BCUT2D eigenvalue weighted by molar-refractivity contribution is 0.285. The molecule has 0 radical (unpaired) electrons. The van der Waals surface area contributed by atoms with E-state index in [1.54, 1.807) is 6.07 Å². The Balaban J connectivity index is 1.85. The Bertz CT molecular complexity index is 392. The van der Waals surface area contributed by atoms with Gasteiger partial charge in [0.15, 0.2) is 11.6 Å². The smallest absolute Gasteiger partial charge is 0.159 e. The van der Waals surface area contributed by atoms with Crippen LogP contribution in [0.1, 0.15) is 38.2 Å². The second-order valence-electron chi connectivity index (χ2n) is 5.24. The maximum Gasteiger partial charge on any atom is 0.159 e. The van der Waals surface area contributed by atoms with Crippen LogP contribution in [-0.4, -0.2) is 12.6 Å². The molecular formula is C15H21F2N. The molecule has 1 aliphatic heterocycles. The van der Waals surface area contributed by atoms with Gasteiger partial charge < -0.3 is 5.32 Å². The minimum atomic E-state index is -0.763. The van der Waals surface area contributed by atoms with Crippen molar-refractivity contribution in [2.45, 2.75) is 45.1 Å². The fourth-order valence-electron chi connectivity index (χ4n) is 2.72. The van der Waals surface area contributed by atoms with Gasteiger partial charge in [-0.05, 0) is 55.8 Å². The topological polar surface area (TPSA) is 12.0 Å². The van der Waals surface area contributed by atoms with Crippen molar-refractivity contribution in [1.29, 1.82) is 0 Å². The lowest BCUT2D eigenvalue weighted by Gasteiger charge is -2.29. The zero-order valence-electron chi connectivity index (χ0n) is 10.9. The molecule has 1 saturated heterocycles. The first-order valence-corrected chi connectivity index (χ1v) is 6.86. The van der Waals surface area contributed by atoms with Crippen LogP contribution in [0.5, 0.6) is 0 Å². The first kappa shape index (κ1) is 13.5. The number of hydrogen-bond donors (Lipinski definition) is 1. The van der Waals surface area contributed by atoms with Crippen LogP contribution in [-0.2, 0) is 6.42 Å². The highest BCUT2D eigenvalue weighted by molar-refractivity contribution is 5.18. The molecule has 2 unspecified atom stereocenters. The monoisotopic (exact) mass is 253 g/mol. The van der Waals surface area contributed by atoms with Crippen LogP contribution in [0, 0.1) is 17.6 Å². The molecular weight excluding hydrogens is 232 g/mol. The second kappa shape index (κ2) is 6.28. The maximum absolute atomic E-state index is 13.1. The quantitative estimate of drug-likeness (QED) is 0.863. The summed E-state index contributed by atoms with van der Waals surface area (Å²) in [6.07, 6.45) is 5.52. The standard InChI is InChI=1S/C15H21F2N/c1-2-11-7-8-18-13(9-11)5-3-12-4-6-14(16)15(17)10-12/h4,6,10-11,13,18H,2-3,5,7-9H2,1H3. The molecule has 2 atom stereocenters. The van der Waals surface area contributed by atoms with Crippen molar-refractivity contribution in [1.82, 2.24) is 5.32 Å². The van der Waals surface area contributed by atoms with E-state index in [0.717, 1.165) is 30.9 Å². The van der Waals surface area contributed by atoms with E-state index < -0.39 is 11.6 Å². The Labute approximate surface area is 108 Å². The molecule has 1 aliphatic rings. The lowest BCUT2D eigenvalue weighted by atomic mass is 9.88. The number of piperidine rings is 1. The minimum absolute atomic E-state index is 0.525. The second-order valence-corrected chi connectivity index (χ2v) is 5.24. The number of benzene rings is 1. The van der Waals surface area contributed by atoms with E-state index in [1.807, 2.05) is 0 Å². The molecule has 1 aromatic rings. The molecule has 0 bridgehead atoms. The molecule has 0 amide bonds. The summed E-state index contributed by atoms with van der Waals surface area (Å²) < 4.78 is 25.9. The molecule has 0 aliphatic carbocycles. The van der Waals surface area contributed by atoms with Crippen molar-refractivity contribution in [3.05, 3.63) is 35.4 Å². The summed E-state index contributed by atoms with van der Waals surface area (Å²) in [5.74, 6) is -0.683. The summed E-state index contributed by atoms with van der Waals surface area (Å²) in [7, 11) is 0. The molecule has 0 saturated carbocycles. The summed E-state index contributed by atoms with van der Waals surface area (Å²) in [6, 6.07) is 4.73. The van der Waals surface area contributed by atoms with Gasteiger partial charge in [0.25, 0.3) is 0 Å². The van der Waals surface area contributed by atoms with Crippen LogP contribution in [0.15, 0.2) is 18.2 Å². The maximum atomic E-state index is 13.1. The fourth-order valence-corrected chi connectivity index (χ4v) is 2.72. The van der Waals surface area contributed by atoms with E-state index in [0.29, 0.717) is 6.04 Å². The van der Waals surface area contributed by atoms with Gasteiger partial charge >= 0.3 is 0 Å². The summed E-state index contributed by atoms with van der Waals surface area (Å²) in [5.41, 5.74) is 0.884. The zero-order chi connectivity index (χ0) is 13.0. The summed E-state index contributed by atoms with van der Waals surface area (Å²) in [6.45, 7) is 3.32. The van der Waals surface area contributed by atoms with E-state index >= 15 is 0 Å². The van der Waals surface area contributed by atoms with E-state index in [-0.39, 0.29) is 0 Å². The summed E-state index contributed by atoms with van der Waals surface area (Å²) in [5, 5.41) is 3.51. The van der Waals surface area contributed by atoms with Gasteiger partial charge in [0.2, 0.25) is 0 Å². The highest BCUT2D eigenvalue weighted by Gasteiger charge is 2.19. The van der Waals surface area contributed by atoms with E-state index in [4.69, 9.17) is 0 Å². The van der Waals surface area contributed by atoms with E-state index in [1.165, 1.54) is 31.4 Å². The molecule has 1 N–H and O–H groups in total. The van der Waals surface area contributed by atoms with Crippen LogP contribution in [0.4, 0.5) is 8.78 Å².